The molecular formula is C11H8BrClN6. The van der Waals surface area contributed by atoms with E-state index in [9.17, 15) is 0 Å². The molecule has 0 radical (unpaired) electrons. The van der Waals surface area contributed by atoms with Crippen molar-refractivity contribution in [1.29, 1.82) is 5.26 Å². The van der Waals surface area contributed by atoms with Gasteiger partial charge in [-0.15, -0.1) is 0 Å². The van der Waals surface area contributed by atoms with Crippen LogP contribution in [0.3, 0.4) is 0 Å². The molecule has 0 bridgehead atoms. The van der Waals surface area contributed by atoms with Crippen LogP contribution in [0.25, 0.3) is 0 Å². The van der Waals surface area contributed by atoms with Crippen LogP contribution in [0.5, 0.6) is 0 Å². The number of nitrogens with zero attached hydrogens (tertiary/aromatic N) is 3. The summed E-state index contributed by atoms with van der Waals surface area (Å²) in [5, 5.41) is 12.2. The number of hydrogen-bond donors (Lipinski definition) is 3. The Morgan fingerprint density at radius 1 is 1.42 bits per heavy atom. The molecule has 0 unspecified atom stereocenters. The molecule has 0 spiro atoms. The van der Waals surface area contributed by atoms with Crippen molar-refractivity contribution in [3.8, 4) is 6.07 Å². The molecule has 1 aromatic carbocycles. The number of nitrogens with one attached hydrogen (secondary N) is 2. The number of hydrogen-bond acceptors (Lipinski definition) is 6. The molecule has 0 amide bonds. The maximum atomic E-state index is 8.80. The molecule has 1 aromatic heterocycles. The number of rotatable bonds is 3. The molecular weight excluding hydrogens is 332 g/mol. The van der Waals surface area contributed by atoms with E-state index in [1.165, 1.54) is 6.20 Å². The highest BCUT2D eigenvalue weighted by molar-refractivity contribution is 9.10. The molecule has 0 saturated heterocycles. The lowest BCUT2D eigenvalue weighted by Crippen LogP contribution is -2.11. The standard InChI is InChI=1S/C11H8BrClN6/c12-7-3-6(4-14)1-2-9(7)17-10-8(13)5-16-11(18-10)19-15/h1-3,5H,15H2,(H2,16,17,18,19). The normalized spacial score (nSPS) is 9.79. The van der Waals surface area contributed by atoms with Crippen LogP contribution in [0.1, 0.15) is 5.56 Å². The Morgan fingerprint density at radius 2 is 2.21 bits per heavy atom. The summed E-state index contributed by atoms with van der Waals surface area (Å²) < 4.78 is 0.725. The lowest BCUT2D eigenvalue weighted by molar-refractivity contribution is 1.12. The van der Waals surface area contributed by atoms with Crippen molar-refractivity contribution < 1.29 is 0 Å². The first-order valence-electron chi connectivity index (χ1n) is 5.10. The number of aromatic nitrogens is 2. The van der Waals surface area contributed by atoms with Gasteiger partial charge in [-0.05, 0) is 34.1 Å². The van der Waals surface area contributed by atoms with E-state index in [0.29, 0.717) is 16.4 Å². The Kier molecular flexibility index (Phi) is 4.16. The van der Waals surface area contributed by atoms with Crippen molar-refractivity contribution >= 4 is 45.0 Å². The summed E-state index contributed by atoms with van der Waals surface area (Å²) in [6, 6.07) is 7.18. The summed E-state index contributed by atoms with van der Waals surface area (Å²) in [6.07, 6.45) is 1.43. The van der Waals surface area contributed by atoms with Crippen LogP contribution in [-0.4, -0.2) is 9.97 Å². The first-order chi connectivity index (χ1) is 9.13. The zero-order chi connectivity index (χ0) is 13.8. The van der Waals surface area contributed by atoms with Gasteiger partial charge in [0.05, 0.1) is 23.5 Å². The van der Waals surface area contributed by atoms with Gasteiger partial charge in [-0.2, -0.15) is 10.2 Å². The molecule has 6 nitrogen and oxygen atoms in total. The Hall–Kier alpha value is -1.88. The molecule has 2 rings (SSSR count). The Morgan fingerprint density at radius 3 is 2.84 bits per heavy atom. The van der Waals surface area contributed by atoms with Crippen LogP contribution in [0.15, 0.2) is 28.9 Å². The van der Waals surface area contributed by atoms with Crippen molar-refractivity contribution in [2.45, 2.75) is 0 Å². The van der Waals surface area contributed by atoms with Gasteiger partial charge in [0.2, 0.25) is 5.95 Å². The molecule has 0 aliphatic rings. The molecule has 2 aromatic rings. The van der Waals surface area contributed by atoms with Crippen LogP contribution in [0.2, 0.25) is 5.02 Å². The predicted octanol–water partition coefficient (Wildman–Crippen LogP) is 2.79. The van der Waals surface area contributed by atoms with Gasteiger partial charge in [0.25, 0.3) is 0 Å². The number of nitrogens with two attached hydrogens (primary N) is 1. The van der Waals surface area contributed by atoms with Crippen LogP contribution < -0.4 is 16.6 Å². The average Bonchev–Trinajstić information content (AvgIpc) is 2.43. The van der Waals surface area contributed by atoms with Gasteiger partial charge in [-0.3, -0.25) is 5.43 Å². The summed E-state index contributed by atoms with van der Waals surface area (Å²) in [6.45, 7) is 0. The van der Waals surface area contributed by atoms with Gasteiger partial charge in [0.15, 0.2) is 5.82 Å². The van der Waals surface area contributed by atoms with E-state index in [0.717, 1.165) is 10.2 Å². The van der Waals surface area contributed by atoms with Crippen molar-refractivity contribution in [2.24, 2.45) is 5.84 Å². The molecule has 0 atom stereocenters. The highest BCUT2D eigenvalue weighted by Gasteiger charge is 2.08. The minimum atomic E-state index is 0.247. The van der Waals surface area contributed by atoms with Gasteiger partial charge in [-0.25, -0.2) is 10.8 Å². The molecule has 1 heterocycles. The van der Waals surface area contributed by atoms with E-state index in [1.807, 2.05) is 0 Å². The van der Waals surface area contributed by atoms with E-state index in [4.69, 9.17) is 22.7 Å². The summed E-state index contributed by atoms with van der Waals surface area (Å²) in [5.74, 6) is 5.90. The monoisotopic (exact) mass is 338 g/mol. The zero-order valence-electron chi connectivity index (χ0n) is 9.48. The summed E-state index contributed by atoms with van der Waals surface area (Å²) in [5.41, 5.74) is 3.61. The maximum absolute atomic E-state index is 8.80. The summed E-state index contributed by atoms with van der Waals surface area (Å²) in [7, 11) is 0. The second-order valence-corrected chi connectivity index (χ2v) is 4.73. The molecule has 0 fully saturated rings. The highest BCUT2D eigenvalue weighted by Crippen LogP contribution is 2.29. The van der Waals surface area contributed by atoms with Crippen LogP contribution >= 0.6 is 27.5 Å². The fourth-order valence-electron chi connectivity index (χ4n) is 1.34. The van der Waals surface area contributed by atoms with E-state index in [2.05, 4.69) is 42.7 Å². The first-order valence-corrected chi connectivity index (χ1v) is 6.27. The number of nitrogen functional groups attached to an aromatic ring is 1. The second kappa shape index (κ2) is 5.84. The largest absolute Gasteiger partial charge is 0.338 e. The fourth-order valence-corrected chi connectivity index (χ4v) is 1.95. The van der Waals surface area contributed by atoms with E-state index in [1.54, 1.807) is 18.2 Å². The fraction of sp³-hybridized carbons (Fsp3) is 0. The van der Waals surface area contributed by atoms with Gasteiger partial charge >= 0.3 is 0 Å². The maximum Gasteiger partial charge on any atom is 0.239 e. The SMILES string of the molecule is N#Cc1ccc(Nc2nc(NN)ncc2Cl)c(Br)c1. The van der Waals surface area contributed by atoms with Crippen molar-refractivity contribution in [3.63, 3.8) is 0 Å². The minimum Gasteiger partial charge on any atom is -0.338 e. The van der Waals surface area contributed by atoms with E-state index < -0.39 is 0 Å². The third-order valence-electron chi connectivity index (χ3n) is 2.22. The smallest absolute Gasteiger partial charge is 0.239 e. The van der Waals surface area contributed by atoms with Crippen molar-refractivity contribution in [3.05, 3.63) is 39.5 Å². The topological polar surface area (TPSA) is 99.7 Å². The van der Waals surface area contributed by atoms with Gasteiger partial charge < -0.3 is 5.32 Å². The predicted molar refractivity (Wildman–Crippen MR) is 77.0 cm³/mol. The Bertz CT molecular complexity index is 654. The Balaban J connectivity index is 2.33. The summed E-state index contributed by atoms with van der Waals surface area (Å²) >= 11 is 9.36. The van der Waals surface area contributed by atoms with Crippen LogP contribution in [0, 0.1) is 11.3 Å². The molecule has 19 heavy (non-hydrogen) atoms. The lowest BCUT2D eigenvalue weighted by Gasteiger charge is -2.10. The molecule has 96 valence electrons. The third kappa shape index (κ3) is 3.12. The first kappa shape index (κ1) is 13.5. The molecule has 4 N–H and O–H groups in total. The molecule has 0 aliphatic carbocycles. The molecule has 0 saturated carbocycles. The number of hydrazine groups is 1. The lowest BCUT2D eigenvalue weighted by atomic mass is 10.2. The second-order valence-electron chi connectivity index (χ2n) is 3.47. The third-order valence-corrected chi connectivity index (χ3v) is 3.16. The van der Waals surface area contributed by atoms with Gasteiger partial charge in [0.1, 0.15) is 5.02 Å². The van der Waals surface area contributed by atoms with Crippen molar-refractivity contribution in [1.82, 2.24) is 9.97 Å². The number of anilines is 3. The van der Waals surface area contributed by atoms with Crippen LogP contribution in [-0.2, 0) is 0 Å². The molecule has 0 aliphatic heterocycles. The Labute approximate surface area is 122 Å². The minimum absolute atomic E-state index is 0.247. The summed E-state index contributed by atoms with van der Waals surface area (Å²) in [4.78, 5) is 7.97. The number of nitriles is 1. The number of benzene rings is 1. The van der Waals surface area contributed by atoms with Crippen molar-refractivity contribution in [2.75, 3.05) is 10.7 Å². The van der Waals surface area contributed by atoms with Gasteiger partial charge in [-0.1, -0.05) is 11.6 Å². The zero-order valence-corrected chi connectivity index (χ0v) is 11.8. The quantitative estimate of drug-likeness (QED) is 0.587. The molecule has 8 heteroatoms. The van der Waals surface area contributed by atoms with E-state index in [-0.39, 0.29) is 5.95 Å². The van der Waals surface area contributed by atoms with E-state index >= 15 is 0 Å². The highest BCUT2D eigenvalue weighted by atomic mass is 79.9. The average molecular weight is 340 g/mol. The van der Waals surface area contributed by atoms with Gasteiger partial charge in [0, 0.05) is 4.47 Å². The van der Waals surface area contributed by atoms with Crippen LogP contribution in [0.4, 0.5) is 17.5 Å². The number of halogens is 2.